The zero-order valence-electron chi connectivity index (χ0n) is 14.0. The highest BCUT2D eigenvalue weighted by Gasteiger charge is 2.35. The maximum absolute atomic E-state index is 6.68. The summed E-state index contributed by atoms with van der Waals surface area (Å²) in [6.07, 6.45) is -0.584. The molecule has 0 aliphatic carbocycles. The molecule has 4 nitrogen and oxygen atoms in total. The molecule has 4 heteroatoms. The van der Waals surface area contributed by atoms with Crippen LogP contribution in [0.15, 0.2) is 84.9 Å². The van der Waals surface area contributed by atoms with Crippen LogP contribution in [0, 0.1) is 0 Å². The van der Waals surface area contributed by atoms with E-state index >= 15 is 0 Å². The molecular weight excluding hydrogens is 308 g/mol. The van der Waals surface area contributed by atoms with E-state index in [2.05, 4.69) is 46.2 Å². The van der Waals surface area contributed by atoms with Crippen molar-refractivity contribution in [1.29, 1.82) is 0 Å². The summed E-state index contributed by atoms with van der Waals surface area (Å²) < 4.78 is 0. The van der Waals surface area contributed by atoms with Gasteiger partial charge in [-0.3, -0.25) is 5.73 Å². The topological polar surface area (TPSA) is 58.5 Å². The molecule has 1 aliphatic heterocycles. The Morgan fingerprint density at radius 3 is 2.04 bits per heavy atom. The second-order valence-corrected chi connectivity index (χ2v) is 6.28. The van der Waals surface area contributed by atoms with Gasteiger partial charge < -0.3 is 10.6 Å². The van der Waals surface area contributed by atoms with E-state index in [1.54, 1.807) is 0 Å². The molecule has 1 aliphatic rings. The zero-order chi connectivity index (χ0) is 17.2. The molecule has 0 amide bonds. The van der Waals surface area contributed by atoms with Gasteiger partial charge >= 0.3 is 0 Å². The lowest BCUT2D eigenvalue weighted by Gasteiger charge is -2.47. The molecule has 3 aromatic rings. The quantitative estimate of drug-likeness (QED) is 0.771. The van der Waals surface area contributed by atoms with Gasteiger partial charge in [0.2, 0.25) is 0 Å². The van der Waals surface area contributed by atoms with Crippen LogP contribution < -0.4 is 16.4 Å². The second-order valence-electron chi connectivity index (χ2n) is 6.28. The Morgan fingerprint density at radius 1 is 0.720 bits per heavy atom. The van der Waals surface area contributed by atoms with Gasteiger partial charge in [0.1, 0.15) is 6.29 Å². The van der Waals surface area contributed by atoms with Gasteiger partial charge in [-0.25, -0.2) is 4.90 Å². The molecule has 3 aromatic carbocycles. The normalized spacial score (nSPS) is 20.3. The minimum absolute atomic E-state index is 0.244. The highest BCUT2D eigenvalue weighted by molar-refractivity contribution is 5.69. The largest absolute Gasteiger partial charge is 0.312 e. The van der Waals surface area contributed by atoms with Crippen molar-refractivity contribution in [2.75, 3.05) is 4.90 Å². The molecule has 0 aromatic heterocycles. The molecule has 0 radical (unpaired) electrons. The van der Waals surface area contributed by atoms with E-state index in [0.717, 1.165) is 16.9 Å². The van der Waals surface area contributed by atoms with Crippen LogP contribution in [-0.2, 0) is 6.54 Å². The Hall–Kier alpha value is -2.66. The van der Waals surface area contributed by atoms with Crippen LogP contribution >= 0.6 is 0 Å². The lowest BCUT2D eigenvalue weighted by Crippen LogP contribution is -2.58. The van der Waals surface area contributed by atoms with Crippen molar-refractivity contribution in [3.8, 4) is 0 Å². The monoisotopic (exact) mass is 330 g/mol. The number of hydrogen-bond acceptors (Lipinski definition) is 4. The predicted octanol–water partition coefficient (Wildman–Crippen LogP) is 3.54. The molecule has 0 saturated carbocycles. The van der Waals surface area contributed by atoms with Crippen LogP contribution in [0.4, 0.5) is 11.4 Å². The molecule has 1 heterocycles. The van der Waals surface area contributed by atoms with Crippen molar-refractivity contribution < 1.29 is 0 Å². The average Bonchev–Trinajstić information content (AvgIpc) is 2.67. The first-order valence-electron chi connectivity index (χ1n) is 8.50. The maximum atomic E-state index is 6.68. The molecule has 25 heavy (non-hydrogen) atoms. The third-order valence-electron chi connectivity index (χ3n) is 4.72. The van der Waals surface area contributed by atoms with Crippen molar-refractivity contribution >= 4 is 11.4 Å². The van der Waals surface area contributed by atoms with Crippen molar-refractivity contribution in [3.63, 3.8) is 0 Å². The summed E-state index contributed by atoms with van der Waals surface area (Å²) in [7, 11) is 0. The molecule has 0 bridgehead atoms. The van der Waals surface area contributed by atoms with Gasteiger partial charge in [0.15, 0.2) is 0 Å². The van der Waals surface area contributed by atoms with Gasteiger partial charge in [-0.15, -0.1) is 0 Å². The fourth-order valence-corrected chi connectivity index (χ4v) is 3.46. The van der Waals surface area contributed by atoms with Crippen LogP contribution in [0.2, 0.25) is 0 Å². The van der Waals surface area contributed by atoms with Gasteiger partial charge in [-0.05, 0) is 23.8 Å². The summed E-state index contributed by atoms with van der Waals surface area (Å²) in [5.41, 5.74) is 17.7. The van der Waals surface area contributed by atoms with Crippen molar-refractivity contribution in [1.82, 2.24) is 4.90 Å². The first-order chi connectivity index (χ1) is 12.3. The number of nitrogens with zero attached hydrogens (tertiary/aromatic N) is 2. The van der Waals surface area contributed by atoms with E-state index in [1.165, 1.54) is 5.56 Å². The Morgan fingerprint density at radius 2 is 1.32 bits per heavy atom. The summed E-state index contributed by atoms with van der Waals surface area (Å²) in [5, 5.41) is 0. The standard InChI is InChI=1S/C21H22N4/c22-20-18-13-7-8-14-19(18)25(17-11-5-2-6-12-17)21(23)24(20)15-16-9-3-1-4-10-16/h1-14,20-21H,15,22-23H2. The van der Waals surface area contributed by atoms with Gasteiger partial charge in [-0.2, -0.15) is 0 Å². The lowest BCUT2D eigenvalue weighted by molar-refractivity contribution is 0.121. The SMILES string of the molecule is NC1c2ccccc2N(c2ccccc2)C(N)N1Cc1ccccc1. The number of para-hydroxylation sites is 2. The van der Waals surface area contributed by atoms with Gasteiger partial charge in [-0.1, -0.05) is 66.7 Å². The Kier molecular flexibility index (Phi) is 4.24. The van der Waals surface area contributed by atoms with Crippen LogP contribution in [0.25, 0.3) is 0 Å². The summed E-state index contributed by atoms with van der Waals surface area (Å²) >= 11 is 0. The number of nitrogens with two attached hydrogens (primary N) is 2. The highest BCUT2D eigenvalue weighted by atomic mass is 15.5. The van der Waals surface area contributed by atoms with E-state index in [9.17, 15) is 0 Å². The zero-order valence-corrected chi connectivity index (χ0v) is 14.0. The first kappa shape index (κ1) is 15.8. The summed E-state index contributed by atoms with van der Waals surface area (Å²) in [4.78, 5) is 4.28. The summed E-state index contributed by atoms with van der Waals surface area (Å²) in [5.74, 6) is 0. The molecule has 4 N–H and O–H groups in total. The van der Waals surface area contributed by atoms with E-state index in [1.807, 2.05) is 48.5 Å². The smallest absolute Gasteiger partial charge is 0.141 e. The van der Waals surface area contributed by atoms with Crippen molar-refractivity contribution in [2.24, 2.45) is 11.5 Å². The number of rotatable bonds is 3. The van der Waals surface area contributed by atoms with Crippen LogP contribution in [0.5, 0.6) is 0 Å². The molecule has 4 rings (SSSR count). The average molecular weight is 330 g/mol. The molecule has 0 spiro atoms. The fourth-order valence-electron chi connectivity index (χ4n) is 3.46. The van der Waals surface area contributed by atoms with Crippen LogP contribution in [0.3, 0.4) is 0 Å². The molecule has 2 atom stereocenters. The maximum Gasteiger partial charge on any atom is 0.141 e. The second kappa shape index (κ2) is 6.69. The van der Waals surface area contributed by atoms with Crippen molar-refractivity contribution in [3.05, 3.63) is 96.1 Å². The first-order valence-corrected chi connectivity index (χ1v) is 8.50. The van der Waals surface area contributed by atoms with Crippen LogP contribution in [0.1, 0.15) is 17.3 Å². The number of benzene rings is 3. The van der Waals surface area contributed by atoms with Gasteiger partial charge in [0, 0.05) is 23.5 Å². The van der Waals surface area contributed by atoms with Crippen LogP contribution in [-0.4, -0.2) is 11.2 Å². The Labute approximate surface area is 148 Å². The Balaban J connectivity index is 1.78. The highest BCUT2D eigenvalue weighted by Crippen LogP contribution is 2.39. The van der Waals surface area contributed by atoms with E-state index in [4.69, 9.17) is 11.5 Å². The number of hydrogen-bond donors (Lipinski definition) is 2. The minimum atomic E-state index is -0.340. The molecule has 0 fully saturated rings. The summed E-state index contributed by atoms with van der Waals surface area (Å²) in [6.45, 7) is 0.695. The fraction of sp³-hybridized carbons (Fsp3) is 0.143. The lowest BCUT2D eigenvalue weighted by atomic mass is 10.0. The summed E-state index contributed by atoms with van der Waals surface area (Å²) in [6, 6.07) is 28.8. The molecule has 126 valence electrons. The van der Waals surface area contributed by atoms with E-state index in [-0.39, 0.29) is 12.5 Å². The number of fused-ring (bicyclic) bond motifs is 1. The molecular formula is C21H22N4. The Bertz CT molecular complexity index is 835. The van der Waals surface area contributed by atoms with E-state index < -0.39 is 0 Å². The van der Waals surface area contributed by atoms with E-state index in [0.29, 0.717) is 6.54 Å². The number of anilines is 2. The van der Waals surface area contributed by atoms with Crippen molar-refractivity contribution in [2.45, 2.75) is 19.0 Å². The predicted molar refractivity (Wildman–Crippen MR) is 102 cm³/mol. The van der Waals surface area contributed by atoms with Gasteiger partial charge in [0.25, 0.3) is 0 Å². The minimum Gasteiger partial charge on any atom is -0.312 e. The molecule has 2 unspecified atom stereocenters. The molecule has 0 saturated heterocycles. The third kappa shape index (κ3) is 2.91. The van der Waals surface area contributed by atoms with Gasteiger partial charge in [0.05, 0.1) is 6.17 Å². The third-order valence-corrected chi connectivity index (χ3v) is 4.72.